The molecule has 0 bridgehead atoms. The van der Waals surface area contributed by atoms with Gasteiger partial charge in [0.1, 0.15) is 36.9 Å². The van der Waals surface area contributed by atoms with Gasteiger partial charge in [0.25, 0.3) is 0 Å². The fourth-order valence-corrected chi connectivity index (χ4v) is 3.21. The van der Waals surface area contributed by atoms with Crippen LogP contribution in [0, 0.1) is 0 Å². The molecule has 0 saturated carbocycles. The molecular weight excluding hydrogens is 384 g/mol. The lowest BCUT2D eigenvalue weighted by Gasteiger charge is -2.17. The highest BCUT2D eigenvalue weighted by molar-refractivity contribution is 9.10. The van der Waals surface area contributed by atoms with Crippen molar-refractivity contribution in [3.8, 4) is 0 Å². The van der Waals surface area contributed by atoms with Crippen LogP contribution in [-0.2, 0) is 23.8 Å². The summed E-state index contributed by atoms with van der Waals surface area (Å²) in [6, 6.07) is 0. The van der Waals surface area contributed by atoms with Crippen LogP contribution in [0.2, 0.25) is 0 Å². The molecule has 1 aliphatic rings. The lowest BCUT2D eigenvalue weighted by Crippen LogP contribution is -2.31. The summed E-state index contributed by atoms with van der Waals surface area (Å²) in [5.41, 5.74) is 1.21. The molecular formula is C14H15BrN4O5. The van der Waals surface area contributed by atoms with Crippen LogP contribution in [-0.4, -0.2) is 50.3 Å². The molecule has 9 nitrogen and oxygen atoms in total. The van der Waals surface area contributed by atoms with Gasteiger partial charge in [-0.3, -0.25) is 14.2 Å². The van der Waals surface area contributed by atoms with Crippen LogP contribution in [0.15, 0.2) is 17.3 Å². The van der Waals surface area contributed by atoms with E-state index in [0.717, 1.165) is 0 Å². The van der Waals surface area contributed by atoms with Crippen molar-refractivity contribution in [1.82, 2.24) is 19.5 Å². The normalized spacial score (nSPS) is 23.4. The Labute approximate surface area is 145 Å². The number of halogens is 1. The number of rotatable bonds is 4. The van der Waals surface area contributed by atoms with E-state index in [1.165, 1.54) is 20.2 Å². The van der Waals surface area contributed by atoms with Crippen LogP contribution in [0.4, 0.5) is 0 Å². The van der Waals surface area contributed by atoms with Crippen LogP contribution in [0.1, 0.15) is 26.5 Å². The molecule has 2 aromatic heterocycles. The van der Waals surface area contributed by atoms with Crippen LogP contribution in [0.3, 0.4) is 0 Å². The summed E-state index contributed by atoms with van der Waals surface area (Å²) in [6.07, 6.45) is 1.84. The number of carbonyl (C=O) groups is 2. The van der Waals surface area contributed by atoms with Gasteiger partial charge < -0.3 is 14.2 Å². The van der Waals surface area contributed by atoms with Crippen molar-refractivity contribution in [1.29, 1.82) is 0 Å². The van der Waals surface area contributed by atoms with Crippen molar-refractivity contribution in [3.05, 3.63) is 17.3 Å². The first-order chi connectivity index (χ1) is 11.5. The third-order valence-corrected chi connectivity index (χ3v) is 4.11. The molecule has 10 heteroatoms. The molecule has 24 heavy (non-hydrogen) atoms. The van der Waals surface area contributed by atoms with E-state index in [4.69, 9.17) is 14.2 Å². The molecule has 1 unspecified atom stereocenters. The third kappa shape index (κ3) is 3.39. The molecule has 0 aliphatic carbocycles. The van der Waals surface area contributed by atoms with Crippen molar-refractivity contribution in [3.63, 3.8) is 0 Å². The Kier molecular flexibility index (Phi) is 4.76. The number of esters is 2. The monoisotopic (exact) mass is 398 g/mol. The predicted molar refractivity (Wildman–Crippen MR) is 83.7 cm³/mol. The van der Waals surface area contributed by atoms with E-state index in [2.05, 4.69) is 30.9 Å². The molecule has 3 atom stereocenters. The molecule has 1 saturated heterocycles. The van der Waals surface area contributed by atoms with Crippen molar-refractivity contribution >= 4 is 39.0 Å². The van der Waals surface area contributed by atoms with E-state index >= 15 is 0 Å². The van der Waals surface area contributed by atoms with E-state index in [9.17, 15) is 9.59 Å². The Balaban J connectivity index is 1.86. The minimum atomic E-state index is -0.561. The largest absolute Gasteiger partial charge is 0.463 e. The summed E-state index contributed by atoms with van der Waals surface area (Å²) in [6.45, 7) is 2.64. The second-order valence-corrected chi connectivity index (χ2v) is 6.01. The third-order valence-electron chi connectivity index (χ3n) is 3.55. The standard InChI is InChI=1S/C14H15BrN4O5/c1-7(20)22-5-11-10(23-8(2)21)3-12(24-11)19-13-9(18-14(19)15)4-16-6-17-13/h4,6,10-12H,3,5H2,1-2H3/t10?,11-,12-/m1/s1. The number of hydrogen-bond acceptors (Lipinski definition) is 8. The van der Waals surface area contributed by atoms with Gasteiger partial charge in [-0.1, -0.05) is 0 Å². The molecule has 0 amide bonds. The van der Waals surface area contributed by atoms with Gasteiger partial charge in [-0.25, -0.2) is 15.0 Å². The van der Waals surface area contributed by atoms with E-state index in [1.54, 1.807) is 10.8 Å². The van der Waals surface area contributed by atoms with Crippen molar-refractivity contribution in [2.45, 2.75) is 38.7 Å². The average molecular weight is 399 g/mol. The minimum absolute atomic E-state index is 0.00299. The van der Waals surface area contributed by atoms with E-state index in [-0.39, 0.29) is 6.61 Å². The Hall–Kier alpha value is -2.07. The highest BCUT2D eigenvalue weighted by Gasteiger charge is 2.40. The van der Waals surface area contributed by atoms with Crippen molar-refractivity contribution < 1.29 is 23.8 Å². The predicted octanol–water partition coefficient (Wildman–Crippen LogP) is 1.37. The van der Waals surface area contributed by atoms with Gasteiger partial charge in [0, 0.05) is 20.3 Å². The Bertz CT molecular complexity index is 780. The first kappa shape index (κ1) is 16.8. The first-order valence-corrected chi connectivity index (χ1v) is 8.04. The number of hydrogen-bond donors (Lipinski definition) is 0. The van der Waals surface area contributed by atoms with Gasteiger partial charge in [-0.05, 0) is 15.9 Å². The van der Waals surface area contributed by atoms with Crippen LogP contribution < -0.4 is 0 Å². The molecule has 0 aromatic carbocycles. The number of carbonyl (C=O) groups excluding carboxylic acids is 2. The number of fused-ring (bicyclic) bond motifs is 1. The average Bonchev–Trinajstić information content (AvgIpc) is 3.04. The van der Waals surface area contributed by atoms with Gasteiger partial charge in [0.05, 0.1) is 6.20 Å². The second-order valence-electron chi connectivity index (χ2n) is 5.30. The summed E-state index contributed by atoms with van der Waals surface area (Å²) < 4.78 is 18.5. The maximum atomic E-state index is 11.3. The minimum Gasteiger partial charge on any atom is -0.463 e. The summed E-state index contributed by atoms with van der Waals surface area (Å²) in [5, 5.41) is 0. The highest BCUT2D eigenvalue weighted by atomic mass is 79.9. The molecule has 1 aliphatic heterocycles. The van der Waals surface area contributed by atoms with E-state index in [0.29, 0.717) is 22.3 Å². The summed E-state index contributed by atoms with van der Waals surface area (Å²) in [7, 11) is 0. The lowest BCUT2D eigenvalue weighted by molar-refractivity contribution is -0.155. The molecule has 3 rings (SSSR count). The molecule has 2 aromatic rings. The maximum Gasteiger partial charge on any atom is 0.303 e. The first-order valence-electron chi connectivity index (χ1n) is 7.25. The molecule has 0 N–H and O–H groups in total. The van der Waals surface area contributed by atoms with E-state index in [1.807, 2.05) is 0 Å². The summed E-state index contributed by atoms with van der Waals surface area (Å²) in [4.78, 5) is 34.8. The molecule has 1 fully saturated rings. The second kappa shape index (κ2) is 6.81. The fraction of sp³-hybridized carbons (Fsp3) is 0.500. The summed E-state index contributed by atoms with van der Waals surface area (Å²) >= 11 is 3.38. The smallest absolute Gasteiger partial charge is 0.303 e. The SMILES string of the molecule is CC(=O)OC[C@H]1O[C@@H](n2c(Br)nc3cncnc32)CC1OC(C)=O. The molecule has 128 valence electrons. The molecule has 3 heterocycles. The van der Waals surface area contributed by atoms with Crippen LogP contribution in [0.25, 0.3) is 11.2 Å². The Morgan fingerprint density at radius 2 is 2.21 bits per heavy atom. The van der Waals surface area contributed by atoms with Gasteiger partial charge >= 0.3 is 11.9 Å². The van der Waals surface area contributed by atoms with Crippen molar-refractivity contribution in [2.24, 2.45) is 0 Å². The van der Waals surface area contributed by atoms with Crippen LogP contribution >= 0.6 is 15.9 Å². The highest BCUT2D eigenvalue weighted by Crippen LogP contribution is 2.35. The van der Waals surface area contributed by atoms with E-state index < -0.39 is 30.4 Å². The van der Waals surface area contributed by atoms with Gasteiger partial charge in [-0.2, -0.15) is 0 Å². The van der Waals surface area contributed by atoms with Crippen molar-refractivity contribution in [2.75, 3.05) is 6.61 Å². The van der Waals surface area contributed by atoms with Crippen LogP contribution in [0.5, 0.6) is 0 Å². The topological polar surface area (TPSA) is 105 Å². The Morgan fingerprint density at radius 3 is 2.92 bits per heavy atom. The zero-order valence-electron chi connectivity index (χ0n) is 13.0. The number of ether oxygens (including phenoxy) is 3. The van der Waals surface area contributed by atoms with Gasteiger partial charge in [0.2, 0.25) is 0 Å². The zero-order chi connectivity index (χ0) is 17.3. The zero-order valence-corrected chi connectivity index (χ0v) is 14.6. The van der Waals surface area contributed by atoms with Gasteiger partial charge in [-0.15, -0.1) is 0 Å². The maximum absolute atomic E-state index is 11.3. The number of aromatic nitrogens is 4. The molecule has 0 radical (unpaired) electrons. The molecule has 0 spiro atoms. The number of imidazole rings is 1. The summed E-state index contributed by atoms with van der Waals surface area (Å²) in [5.74, 6) is -0.848. The quantitative estimate of drug-likeness (QED) is 0.561. The van der Waals surface area contributed by atoms with Gasteiger partial charge in [0.15, 0.2) is 10.4 Å². The Morgan fingerprint density at radius 1 is 1.42 bits per heavy atom. The lowest BCUT2D eigenvalue weighted by atomic mass is 10.2. The number of nitrogens with zero attached hydrogens (tertiary/aromatic N) is 4. The fourth-order valence-electron chi connectivity index (χ4n) is 2.62.